The standard InChI is InChI=1S/C18H31N3O2/c1-12-3-5-15(6-4-12)21-11-14(9-17(21)22)18(23)20-16-7-8-19-10-13(16)2/h12-16,19H,3-11H2,1-2H3,(H,20,23). The van der Waals surface area contributed by atoms with Gasteiger partial charge >= 0.3 is 0 Å². The third-order valence-corrected chi connectivity index (χ3v) is 6.07. The summed E-state index contributed by atoms with van der Waals surface area (Å²) in [4.78, 5) is 26.9. The first-order valence-electron chi connectivity index (χ1n) is 9.35. The van der Waals surface area contributed by atoms with E-state index < -0.39 is 0 Å². The van der Waals surface area contributed by atoms with Crippen LogP contribution in [0.15, 0.2) is 0 Å². The van der Waals surface area contributed by atoms with E-state index in [0.29, 0.717) is 24.9 Å². The summed E-state index contributed by atoms with van der Waals surface area (Å²) in [6.45, 7) is 7.01. The van der Waals surface area contributed by atoms with Crippen LogP contribution < -0.4 is 10.6 Å². The average molecular weight is 321 g/mol. The number of piperidine rings is 1. The van der Waals surface area contributed by atoms with Crippen molar-refractivity contribution < 1.29 is 9.59 Å². The fraction of sp³-hybridized carbons (Fsp3) is 0.889. The second kappa shape index (κ2) is 7.20. The number of amides is 2. The molecule has 0 aromatic heterocycles. The first kappa shape index (κ1) is 16.7. The summed E-state index contributed by atoms with van der Waals surface area (Å²) >= 11 is 0. The Labute approximate surface area is 139 Å². The predicted octanol–water partition coefficient (Wildman–Crippen LogP) is 1.53. The monoisotopic (exact) mass is 321 g/mol. The van der Waals surface area contributed by atoms with Gasteiger partial charge in [-0.3, -0.25) is 9.59 Å². The Kier molecular flexibility index (Phi) is 5.24. The van der Waals surface area contributed by atoms with Crippen LogP contribution in [-0.4, -0.2) is 48.4 Å². The zero-order valence-electron chi connectivity index (χ0n) is 14.5. The number of hydrogen-bond donors (Lipinski definition) is 2. The van der Waals surface area contributed by atoms with Crippen molar-refractivity contribution in [3.8, 4) is 0 Å². The van der Waals surface area contributed by atoms with Crippen molar-refractivity contribution in [2.75, 3.05) is 19.6 Å². The van der Waals surface area contributed by atoms with E-state index in [4.69, 9.17) is 0 Å². The van der Waals surface area contributed by atoms with E-state index in [2.05, 4.69) is 24.5 Å². The molecule has 0 bridgehead atoms. The maximum atomic E-state index is 12.6. The third-order valence-electron chi connectivity index (χ3n) is 6.07. The van der Waals surface area contributed by atoms with Crippen LogP contribution >= 0.6 is 0 Å². The lowest BCUT2D eigenvalue weighted by Crippen LogP contribution is -2.50. The molecule has 2 aliphatic heterocycles. The van der Waals surface area contributed by atoms with Crippen molar-refractivity contribution in [2.24, 2.45) is 17.8 Å². The van der Waals surface area contributed by atoms with Crippen LogP contribution in [-0.2, 0) is 9.59 Å². The Balaban J connectivity index is 1.53. The van der Waals surface area contributed by atoms with E-state index in [1.807, 2.05) is 4.90 Å². The predicted molar refractivity (Wildman–Crippen MR) is 89.8 cm³/mol. The molecule has 3 fully saturated rings. The Morgan fingerprint density at radius 2 is 1.91 bits per heavy atom. The zero-order chi connectivity index (χ0) is 16.4. The summed E-state index contributed by atoms with van der Waals surface area (Å²) in [5.41, 5.74) is 0. The van der Waals surface area contributed by atoms with Crippen LogP contribution in [0.1, 0.15) is 52.4 Å². The minimum atomic E-state index is -0.149. The maximum absolute atomic E-state index is 12.6. The number of nitrogens with zero attached hydrogens (tertiary/aromatic N) is 1. The van der Waals surface area contributed by atoms with Crippen LogP contribution in [0, 0.1) is 17.8 Å². The first-order chi connectivity index (χ1) is 11.0. The minimum absolute atomic E-state index is 0.0868. The van der Waals surface area contributed by atoms with Gasteiger partial charge < -0.3 is 15.5 Å². The number of likely N-dealkylation sites (tertiary alicyclic amines) is 1. The highest BCUT2D eigenvalue weighted by Gasteiger charge is 2.39. The lowest BCUT2D eigenvalue weighted by molar-refractivity contribution is -0.131. The lowest BCUT2D eigenvalue weighted by atomic mass is 9.86. The van der Waals surface area contributed by atoms with Crippen molar-refractivity contribution in [2.45, 2.75) is 64.5 Å². The third kappa shape index (κ3) is 3.87. The van der Waals surface area contributed by atoms with Gasteiger partial charge in [0.25, 0.3) is 0 Å². The van der Waals surface area contributed by atoms with Crippen molar-refractivity contribution in [3.05, 3.63) is 0 Å². The largest absolute Gasteiger partial charge is 0.353 e. The van der Waals surface area contributed by atoms with Gasteiger partial charge in [0.1, 0.15) is 0 Å². The summed E-state index contributed by atoms with van der Waals surface area (Å²) in [6, 6.07) is 0.623. The van der Waals surface area contributed by atoms with Crippen molar-refractivity contribution in [1.82, 2.24) is 15.5 Å². The molecule has 0 spiro atoms. The van der Waals surface area contributed by atoms with Crippen LogP contribution in [0.2, 0.25) is 0 Å². The number of hydrogen-bond acceptors (Lipinski definition) is 3. The normalized spacial score (nSPS) is 38.6. The topological polar surface area (TPSA) is 61.4 Å². The Morgan fingerprint density at radius 3 is 2.61 bits per heavy atom. The molecule has 130 valence electrons. The Bertz CT molecular complexity index is 446. The fourth-order valence-corrected chi connectivity index (χ4v) is 4.34. The molecule has 0 radical (unpaired) electrons. The maximum Gasteiger partial charge on any atom is 0.225 e. The van der Waals surface area contributed by atoms with E-state index in [0.717, 1.165) is 38.3 Å². The van der Waals surface area contributed by atoms with Crippen LogP contribution in [0.5, 0.6) is 0 Å². The zero-order valence-corrected chi connectivity index (χ0v) is 14.5. The highest BCUT2D eigenvalue weighted by atomic mass is 16.2. The molecule has 3 unspecified atom stereocenters. The Hall–Kier alpha value is -1.10. The molecule has 2 N–H and O–H groups in total. The molecule has 5 heteroatoms. The number of carbonyl (C=O) groups excluding carboxylic acids is 2. The first-order valence-corrected chi connectivity index (χ1v) is 9.35. The number of carbonyl (C=O) groups is 2. The molecule has 5 nitrogen and oxygen atoms in total. The highest BCUT2D eigenvalue weighted by molar-refractivity contribution is 5.89. The molecule has 3 atom stereocenters. The van der Waals surface area contributed by atoms with E-state index in [-0.39, 0.29) is 23.8 Å². The SMILES string of the molecule is CC1CCC(N2CC(C(=O)NC3CCNCC3C)CC2=O)CC1. The molecule has 1 aliphatic carbocycles. The average Bonchev–Trinajstić information content (AvgIpc) is 2.92. The second-order valence-electron chi connectivity index (χ2n) is 7.95. The van der Waals surface area contributed by atoms with Gasteiger partial charge in [-0.25, -0.2) is 0 Å². The van der Waals surface area contributed by atoms with Gasteiger partial charge in [0.15, 0.2) is 0 Å². The molecular formula is C18H31N3O2. The summed E-state index contributed by atoms with van der Waals surface area (Å²) in [7, 11) is 0. The van der Waals surface area contributed by atoms with Crippen LogP contribution in [0.3, 0.4) is 0 Å². The summed E-state index contributed by atoms with van der Waals surface area (Å²) in [6.07, 6.45) is 6.00. The summed E-state index contributed by atoms with van der Waals surface area (Å²) in [5.74, 6) is 1.36. The highest BCUT2D eigenvalue weighted by Crippen LogP contribution is 2.31. The van der Waals surface area contributed by atoms with Crippen LogP contribution in [0.4, 0.5) is 0 Å². The van der Waals surface area contributed by atoms with Gasteiger partial charge in [-0.15, -0.1) is 0 Å². The van der Waals surface area contributed by atoms with Gasteiger partial charge in [0.2, 0.25) is 11.8 Å². The van der Waals surface area contributed by atoms with E-state index >= 15 is 0 Å². The van der Waals surface area contributed by atoms with E-state index in [9.17, 15) is 9.59 Å². The van der Waals surface area contributed by atoms with Crippen LogP contribution in [0.25, 0.3) is 0 Å². The van der Waals surface area contributed by atoms with E-state index in [1.54, 1.807) is 0 Å². The van der Waals surface area contributed by atoms with Gasteiger partial charge in [-0.05, 0) is 57.0 Å². The minimum Gasteiger partial charge on any atom is -0.353 e. The van der Waals surface area contributed by atoms with Gasteiger partial charge in [-0.1, -0.05) is 13.8 Å². The molecule has 0 aromatic carbocycles. The quantitative estimate of drug-likeness (QED) is 0.829. The molecule has 3 rings (SSSR count). The summed E-state index contributed by atoms with van der Waals surface area (Å²) < 4.78 is 0. The molecule has 2 saturated heterocycles. The van der Waals surface area contributed by atoms with Gasteiger partial charge in [-0.2, -0.15) is 0 Å². The van der Waals surface area contributed by atoms with Gasteiger partial charge in [0, 0.05) is 25.0 Å². The molecule has 1 saturated carbocycles. The molecule has 2 amide bonds. The molecule has 23 heavy (non-hydrogen) atoms. The van der Waals surface area contributed by atoms with Crippen molar-refractivity contribution in [1.29, 1.82) is 0 Å². The van der Waals surface area contributed by atoms with Gasteiger partial charge in [0.05, 0.1) is 5.92 Å². The molecule has 2 heterocycles. The molecular weight excluding hydrogens is 290 g/mol. The summed E-state index contributed by atoms with van der Waals surface area (Å²) in [5, 5.41) is 6.56. The van der Waals surface area contributed by atoms with Crippen molar-refractivity contribution >= 4 is 11.8 Å². The number of nitrogens with one attached hydrogen (secondary N) is 2. The molecule has 0 aromatic rings. The lowest BCUT2D eigenvalue weighted by Gasteiger charge is -2.34. The molecule has 3 aliphatic rings. The van der Waals surface area contributed by atoms with E-state index in [1.165, 1.54) is 12.8 Å². The van der Waals surface area contributed by atoms with Crippen molar-refractivity contribution in [3.63, 3.8) is 0 Å². The second-order valence-corrected chi connectivity index (χ2v) is 7.95. The smallest absolute Gasteiger partial charge is 0.225 e. The fourth-order valence-electron chi connectivity index (χ4n) is 4.34. The Morgan fingerprint density at radius 1 is 1.17 bits per heavy atom. The number of rotatable bonds is 3.